The van der Waals surface area contributed by atoms with Crippen LogP contribution in [0.15, 0.2) is 48.5 Å². The Balaban J connectivity index is 0.00000261. The van der Waals surface area contributed by atoms with Crippen LogP contribution in [-0.4, -0.2) is 35.1 Å². The fourth-order valence-electron chi connectivity index (χ4n) is 2.59. The van der Waals surface area contributed by atoms with Crippen molar-refractivity contribution < 1.29 is 9.59 Å². The molecule has 2 amide bonds. The standard InChI is InChI=1S/C20H20N4O2.ClH/c1-14(25)21-11-12-22-20(26)16-6-4-5-15(13-16)9-10-19-17-7-2-3-8-18(17)23-24-19;/h2-10,13H,11-12H2,1H3,(H,21,25)(H,22,26)(H,23,24);1H/b10-9+;. The molecule has 0 saturated carbocycles. The van der Waals surface area contributed by atoms with E-state index in [-0.39, 0.29) is 24.2 Å². The van der Waals surface area contributed by atoms with Gasteiger partial charge < -0.3 is 10.6 Å². The number of para-hydroxylation sites is 1. The van der Waals surface area contributed by atoms with Crippen molar-refractivity contribution in [3.63, 3.8) is 0 Å². The second kappa shape index (κ2) is 9.54. The normalized spacial score (nSPS) is 10.6. The minimum Gasteiger partial charge on any atom is -0.355 e. The van der Waals surface area contributed by atoms with Crippen molar-refractivity contribution in [1.82, 2.24) is 20.8 Å². The van der Waals surface area contributed by atoms with Crippen LogP contribution in [0.4, 0.5) is 0 Å². The van der Waals surface area contributed by atoms with Gasteiger partial charge in [-0.25, -0.2) is 0 Å². The van der Waals surface area contributed by atoms with Gasteiger partial charge in [-0.3, -0.25) is 14.7 Å². The molecule has 140 valence electrons. The maximum atomic E-state index is 12.2. The van der Waals surface area contributed by atoms with E-state index in [0.717, 1.165) is 22.2 Å². The van der Waals surface area contributed by atoms with Gasteiger partial charge in [0.2, 0.25) is 5.91 Å². The lowest BCUT2D eigenvalue weighted by Gasteiger charge is -2.06. The molecule has 3 rings (SSSR count). The van der Waals surface area contributed by atoms with Crippen LogP contribution in [0.1, 0.15) is 28.5 Å². The molecule has 1 heterocycles. The second-order valence-electron chi connectivity index (χ2n) is 5.85. The molecule has 0 aliphatic rings. The molecule has 0 spiro atoms. The zero-order valence-corrected chi connectivity index (χ0v) is 15.7. The third kappa shape index (κ3) is 5.43. The summed E-state index contributed by atoms with van der Waals surface area (Å²) in [4.78, 5) is 23.0. The minimum atomic E-state index is -0.171. The Labute approximate surface area is 163 Å². The lowest BCUT2D eigenvalue weighted by molar-refractivity contribution is -0.118. The number of H-pyrrole nitrogens is 1. The van der Waals surface area contributed by atoms with Crippen LogP contribution in [-0.2, 0) is 4.79 Å². The summed E-state index contributed by atoms with van der Waals surface area (Å²) in [7, 11) is 0. The van der Waals surface area contributed by atoms with Gasteiger partial charge in [0.05, 0.1) is 11.2 Å². The summed E-state index contributed by atoms with van der Waals surface area (Å²) in [6, 6.07) is 15.3. The van der Waals surface area contributed by atoms with E-state index in [0.29, 0.717) is 18.7 Å². The van der Waals surface area contributed by atoms with E-state index in [4.69, 9.17) is 0 Å². The molecule has 0 bridgehead atoms. The number of halogens is 1. The zero-order valence-electron chi connectivity index (χ0n) is 14.9. The van der Waals surface area contributed by atoms with E-state index in [2.05, 4.69) is 20.8 Å². The predicted molar refractivity (Wildman–Crippen MR) is 110 cm³/mol. The molecular weight excluding hydrogens is 364 g/mol. The maximum absolute atomic E-state index is 12.2. The number of carbonyl (C=O) groups excluding carboxylic acids is 2. The number of benzene rings is 2. The number of hydrogen-bond acceptors (Lipinski definition) is 3. The van der Waals surface area contributed by atoms with Gasteiger partial charge in [-0.05, 0) is 29.8 Å². The van der Waals surface area contributed by atoms with E-state index >= 15 is 0 Å². The highest BCUT2D eigenvalue weighted by Gasteiger charge is 2.05. The van der Waals surface area contributed by atoms with E-state index in [1.165, 1.54) is 6.92 Å². The average Bonchev–Trinajstić information content (AvgIpc) is 3.07. The average molecular weight is 385 g/mol. The number of amides is 2. The first-order valence-electron chi connectivity index (χ1n) is 8.37. The van der Waals surface area contributed by atoms with Gasteiger partial charge >= 0.3 is 0 Å². The first kappa shape index (κ1) is 20.2. The third-order valence-corrected chi connectivity index (χ3v) is 3.87. The lowest BCUT2D eigenvalue weighted by atomic mass is 10.1. The van der Waals surface area contributed by atoms with Crippen LogP contribution in [0, 0.1) is 0 Å². The van der Waals surface area contributed by atoms with E-state index < -0.39 is 0 Å². The highest BCUT2D eigenvalue weighted by atomic mass is 35.5. The first-order chi connectivity index (χ1) is 12.6. The van der Waals surface area contributed by atoms with Crippen LogP contribution in [0.3, 0.4) is 0 Å². The third-order valence-electron chi connectivity index (χ3n) is 3.87. The van der Waals surface area contributed by atoms with Crippen molar-refractivity contribution in [1.29, 1.82) is 0 Å². The molecule has 2 aromatic carbocycles. The van der Waals surface area contributed by atoms with Gasteiger partial charge in [0.1, 0.15) is 0 Å². The molecule has 0 unspecified atom stereocenters. The van der Waals surface area contributed by atoms with Gasteiger partial charge in [0, 0.05) is 31.0 Å². The van der Waals surface area contributed by atoms with Gasteiger partial charge in [0.25, 0.3) is 5.91 Å². The summed E-state index contributed by atoms with van der Waals surface area (Å²) in [5, 5.41) is 13.8. The Morgan fingerprint density at radius 1 is 1.04 bits per heavy atom. The molecule has 0 aliphatic heterocycles. The van der Waals surface area contributed by atoms with Crippen LogP contribution >= 0.6 is 12.4 Å². The van der Waals surface area contributed by atoms with Crippen LogP contribution < -0.4 is 10.6 Å². The number of hydrogen-bond donors (Lipinski definition) is 3. The zero-order chi connectivity index (χ0) is 18.4. The number of aromatic nitrogens is 2. The molecule has 7 heteroatoms. The fraction of sp³-hybridized carbons (Fsp3) is 0.150. The molecule has 0 atom stereocenters. The number of nitrogens with zero attached hydrogens (tertiary/aromatic N) is 1. The summed E-state index contributed by atoms with van der Waals surface area (Å²) in [5.41, 5.74) is 3.32. The molecule has 6 nitrogen and oxygen atoms in total. The van der Waals surface area contributed by atoms with E-state index in [9.17, 15) is 9.59 Å². The molecule has 0 fully saturated rings. The quantitative estimate of drug-likeness (QED) is 0.571. The summed E-state index contributed by atoms with van der Waals surface area (Å²) < 4.78 is 0. The first-order valence-corrected chi connectivity index (χ1v) is 8.37. The van der Waals surface area contributed by atoms with E-state index in [1.54, 1.807) is 6.07 Å². The molecule has 1 aromatic heterocycles. The van der Waals surface area contributed by atoms with Crippen molar-refractivity contribution in [2.24, 2.45) is 0 Å². The Morgan fingerprint density at radius 2 is 1.81 bits per heavy atom. The van der Waals surface area contributed by atoms with E-state index in [1.807, 2.05) is 54.6 Å². The van der Waals surface area contributed by atoms with Crippen molar-refractivity contribution >= 4 is 47.3 Å². The number of rotatable bonds is 6. The highest BCUT2D eigenvalue weighted by Crippen LogP contribution is 2.17. The van der Waals surface area contributed by atoms with Crippen LogP contribution in [0.5, 0.6) is 0 Å². The fourth-order valence-corrected chi connectivity index (χ4v) is 2.59. The van der Waals surface area contributed by atoms with Crippen LogP contribution in [0.25, 0.3) is 23.1 Å². The summed E-state index contributed by atoms with van der Waals surface area (Å²) in [6.07, 6.45) is 3.85. The minimum absolute atomic E-state index is 0. The van der Waals surface area contributed by atoms with Gasteiger partial charge in [0.15, 0.2) is 0 Å². The summed E-state index contributed by atoms with van der Waals surface area (Å²) >= 11 is 0. The molecule has 0 saturated heterocycles. The van der Waals surface area contributed by atoms with Crippen molar-refractivity contribution in [3.8, 4) is 0 Å². The SMILES string of the molecule is CC(=O)NCCNC(=O)c1cccc(/C=C/c2n[nH]c3ccccc23)c1.Cl. The Kier molecular flexibility index (Phi) is 7.14. The molecule has 0 aliphatic carbocycles. The van der Waals surface area contributed by atoms with Crippen molar-refractivity contribution in [3.05, 3.63) is 65.4 Å². The number of nitrogens with one attached hydrogen (secondary N) is 3. The Hall–Kier alpha value is -3.12. The topological polar surface area (TPSA) is 86.9 Å². The summed E-state index contributed by atoms with van der Waals surface area (Å²) in [6.45, 7) is 2.24. The maximum Gasteiger partial charge on any atom is 0.251 e. The van der Waals surface area contributed by atoms with Gasteiger partial charge in [-0.2, -0.15) is 5.10 Å². The van der Waals surface area contributed by atoms with Gasteiger partial charge in [-0.1, -0.05) is 36.4 Å². The number of carbonyl (C=O) groups is 2. The lowest BCUT2D eigenvalue weighted by Crippen LogP contribution is -2.33. The number of aromatic amines is 1. The largest absolute Gasteiger partial charge is 0.355 e. The number of fused-ring (bicyclic) bond motifs is 1. The monoisotopic (exact) mass is 384 g/mol. The summed E-state index contributed by atoms with van der Waals surface area (Å²) in [5.74, 6) is -0.284. The molecule has 27 heavy (non-hydrogen) atoms. The predicted octanol–water partition coefficient (Wildman–Crippen LogP) is 3.02. The Morgan fingerprint density at radius 3 is 2.63 bits per heavy atom. The molecular formula is C20H21ClN4O2. The van der Waals surface area contributed by atoms with Crippen LogP contribution in [0.2, 0.25) is 0 Å². The smallest absolute Gasteiger partial charge is 0.251 e. The Bertz CT molecular complexity index is 965. The molecule has 3 aromatic rings. The van der Waals surface area contributed by atoms with Crippen molar-refractivity contribution in [2.45, 2.75) is 6.92 Å². The van der Waals surface area contributed by atoms with Crippen molar-refractivity contribution in [2.75, 3.05) is 13.1 Å². The highest BCUT2D eigenvalue weighted by molar-refractivity contribution is 5.95. The molecule has 3 N–H and O–H groups in total. The van der Waals surface area contributed by atoms with Gasteiger partial charge in [-0.15, -0.1) is 12.4 Å². The second-order valence-corrected chi connectivity index (χ2v) is 5.85. The molecule has 0 radical (unpaired) electrons.